The SMILES string of the molecule is O=C[C@H]1OC(OP(=O)(O)OP(=O)(O)OCC2OC(n3ccc(=O)[nH]c3=O)C(O)[C@H]2O)[C@H](O)[C@@H](O)[C@H]1O. The van der Waals surface area contributed by atoms with Crippen molar-refractivity contribution in [2.45, 2.75) is 55.2 Å². The van der Waals surface area contributed by atoms with Gasteiger partial charge in [0.15, 0.2) is 18.8 Å². The number of nitrogens with one attached hydrogen (secondary N) is 1. The molecule has 2 aliphatic heterocycles. The van der Waals surface area contributed by atoms with Crippen LogP contribution in [0.3, 0.4) is 0 Å². The number of nitrogens with zero attached hydrogens (tertiary/aromatic N) is 1. The van der Waals surface area contributed by atoms with E-state index in [1.807, 2.05) is 4.98 Å². The Bertz CT molecular complexity index is 1160. The average molecular weight is 564 g/mol. The normalized spacial score (nSPS) is 38.2. The number of ether oxygens (including phenoxy) is 2. The Morgan fingerprint density at radius 1 is 0.972 bits per heavy atom. The smallest absolute Gasteiger partial charge is 0.387 e. The highest BCUT2D eigenvalue weighted by Gasteiger charge is 2.49. The van der Waals surface area contributed by atoms with E-state index < -0.39 is 88.7 Å². The van der Waals surface area contributed by atoms with Gasteiger partial charge in [-0.2, -0.15) is 4.31 Å². The summed E-state index contributed by atoms with van der Waals surface area (Å²) >= 11 is 0. The zero-order valence-electron chi connectivity index (χ0n) is 17.7. The third-order valence-electron chi connectivity index (χ3n) is 5.05. The fourth-order valence-electron chi connectivity index (χ4n) is 3.27. The molecule has 3 rings (SSSR count). The molecule has 0 aromatic carbocycles. The van der Waals surface area contributed by atoms with Crippen LogP contribution in [0, 0.1) is 0 Å². The molecular weight excluding hydrogens is 542 g/mol. The average Bonchev–Trinajstić information content (AvgIpc) is 3.06. The first-order chi connectivity index (χ1) is 16.7. The minimum atomic E-state index is -5.63. The van der Waals surface area contributed by atoms with Crippen LogP contribution < -0.4 is 11.2 Å². The number of aromatic amines is 1. The van der Waals surface area contributed by atoms with Gasteiger partial charge >= 0.3 is 21.3 Å². The molecular formula is C15H22N2O17P2. The lowest BCUT2D eigenvalue weighted by molar-refractivity contribution is -0.266. The molecule has 0 amide bonds. The number of aldehydes is 1. The summed E-state index contributed by atoms with van der Waals surface area (Å²) in [5, 5.41) is 49.3. The Balaban J connectivity index is 1.62. The second-order valence-corrected chi connectivity index (χ2v) is 10.6. The first-order valence-corrected chi connectivity index (χ1v) is 12.8. The molecule has 1 aromatic rings. The Labute approximate surface area is 199 Å². The summed E-state index contributed by atoms with van der Waals surface area (Å²) < 4.78 is 47.8. The zero-order chi connectivity index (χ0) is 27.0. The lowest BCUT2D eigenvalue weighted by atomic mass is 10.00. The summed E-state index contributed by atoms with van der Waals surface area (Å²) in [5.74, 6) is 0. The predicted octanol–water partition coefficient (Wildman–Crippen LogP) is -4.59. The van der Waals surface area contributed by atoms with E-state index >= 15 is 0 Å². The Hall–Kier alpha value is -1.67. The molecule has 36 heavy (non-hydrogen) atoms. The van der Waals surface area contributed by atoms with Gasteiger partial charge in [0.1, 0.15) is 42.7 Å². The maximum Gasteiger partial charge on any atom is 0.483 e. The summed E-state index contributed by atoms with van der Waals surface area (Å²) in [6.07, 6.45) is -16.0. The molecule has 2 saturated heterocycles. The zero-order valence-corrected chi connectivity index (χ0v) is 19.5. The molecule has 8 N–H and O–H groups in total. The molecule has 11 atom stereocenters. The maximum absolute atomic E-state index is 12.1. The molecule has 0 radical (unpaired) electrons. The fourth-order valence-corrected chi connectivity index (χ4v) is 5.43. The van der Waals surface area contributed by atoms with E-state index in [4.69, 9.17) is 9.47 Å². The second kappa shape index (κ2) is 11.0. The van der Waals surface area contributed by atoms with Gasteiger partial charge in [-0.15, -0.1) is 0 Å². The first-order valence-electron chi connectivity index (χ1n) is 9.83. The summed E-state index contributed by atoms with van der Waals surface area (Å²) in [5.41, 5.74) is -1.76. The molecule has 2 aliphatic rings. The number of carbonyl (C=O) groups is 1. The van der Waals surface area contributed by atoms with Gasteiger partial charge in [0.05, 0.1) is 6.61 Å². The minimum absolute atomic E-state index is 0.00486. The van der Waals surface area contributed by atoms with E-state index in [1.54, 1.807) is 0 Å². The van der Waals surface area contributed by atoms with Crippen molar-refractivity contribution < 1.29 is 72.1 Å². The minimum Gasteiger partial charge on any atom is -0.387 e. The van der Waals surface area contributed by atoms with Crippen LogP contribution in [0.15, 0.2) is 21.9 Å². The molecule has 21 heteroatoms. The Kier molecular flexibility index (Phi) is 8.81. The van der Waals surface area contributed by atoms with Gasteiger partial charge in [-0.3, -0.25) is 23.4 Å². The summed E-state index contributed by atoms with van der Waals surface area (Å²) in [6, 6.07) is 0.923. The van der Waals surface area contributed by atoms with Gasteiger partial charge < -0.3 is 49.6 Å². The highest BCUT2D eigenvalue weighted by atomic mass is 31.3. The van der Waals surface area contributed by atoms with Crippen LogP contribution in [0.2, 0.25) is 0 Å². The number of hydrogen-bond donors (Lipinski definition) is 8. The number of aliphatic hydroxyl groups is 5. The van der Waals surface area contributed by atoms with E-state index in [0.29, 0.717) is 4.57 Å². The van der Waals surface area contributed by atoms with Crippen LogP contribution in [0.25, 0.3) is 0 Å². The van der Waals surface area contributed by atoms with Crippen molar-refractivity contribution in [3.05, 3.63) is 33.1 Å². The Morgan fingerprint density at radius 3 is 2.25 bits per heavy atom. The highest BCUT2D eigenvalue weighted by Crippen LogP contribution is 2.61. The number of rotatable bonds is 9. The van der Waals surface area contributed by atoms with Gasteiger partial charge in [0.2, 0.25) is 0 Å². The van der Waals surface area contributed by atoms with Crippen LogP contribution in [-0.2, 0) is 36.8 Å². The van der Waals surface area contributed by atoms with E-state index in [0.717, 1.165) is 12.3 Å². The lowest BCUT2D eigenvalue weighted by Gasteiger charge is -2.38. The van der Waals surface area contributed by atoms with Crippen LogP contribution >= 0.6 is 15.6 Å². The predicted molar refractivity (Wildman–Crippen MR) is 108 cm³/mol. The first kappa shape index (κ1) is 28.9. The van der Waals surface area contributed by atoms with E-state index in [1.165, 1.54) is 0 Å². The lowest BCUT2D eigenvalue weighted by Crippen LogP contribution is -2.58. The van der Waals surface area contributed by atoms with Gasteiger partial charge in [-0.25, -0.2) is 13.9 Å². The maximum atomic E-state index is 12.1. The third kappa shape index (κ3) is 6.42. The second-order valence-electron chi connectivity index (χ2n) is 7.56. The summed E-state index contributed by atoms with van der Waals surface area (Å²) in [7, 11) is -11.1. The van der Waals surface area contributed by atoms with E-state index in [-0.39, 0.29) is 6.29 Å². The molecule has 6 unspecified atom stereocenters. The largest absolute Gasteiger partial charge is 0.483 e. The molecule has 204 valence electrons. The van der Waals surface area contributed by atoms with Crippen molar-refractivity contribution in [1.29, 1.82) is 0 Å². The quantitative estimate of drug-likeness (QED) is 0.103. The van der Waals surface area contributed by atoms with Crippen molar-refractivity contribution in [3.8, 4) is 0 Å². The number of aliphatic hydroxyl groups excluding tert-OH is 5. The van der Waals surface area contributed by atoms with Crippen molar-refractivity contribution in [1.82, 2.24) is 9.55 Å². The summed E-state index contributed by atoms with van der Waals surface area (Å²) in [6.45, 7) is -1.04. The molecule has 1 aromatic heterocycles. The van der Waals surface area contributed by atoms with Crippen molar-refractivity contribution in [3.63, 3.8) is 0 Å². The van der Waals surface area contributed by atoms with Crippen LogP contribution in [0.5, 0.6) is 0 Å². The fraction of sp³-hybridized carbons (Fsp3) is 0.667. The highest BCUT2D eigenvalue weighted by molar-refractivity contribution is 7.61. The van der Waals surface area contributed by atoms with Crippen molar-refractivity contribution in [2.24, 2.45) is 0 Å². The van der Waals surface area contributed by atoms with E-state index in [9.17, 15) is 58.8 Å². The number of carbonyl (C=O) groups excluding carboxylic acids is 1. The molecule has 0 bridgehead atoms. The van der Waals surface area contributed by atoms with Crippen LogP contribution in [0.1, 0.15) is 6.23 Å². The number of phosphoric ester groups is 2. The molecule has 2 fully saturated rings. The molecule has 3 heterocycles. The molecule has 0 aliphatic carbocycles. The van der Waals surface area contributed by atoms with Crippen LogP contribution in [0.4, 0.5) is 0 Å². The standard InChI is InChI=1S/C15H22N2O17P2/c18-3-5-8(20)10(22)12(24)14(32-5)33-36(28,29)34-35(26,27)30-4-6-9(21)11(23)13(31-6)17-2-1-7(19)16-15(17)25/h1-3,5-6,8-14,20-24H,4H2,(H,26,27)(H,28,29)(H,16,19,25)/t5-,6?,8+,9+,10+,11?,12-,13?,14?/m1/s1. The van der Waals surface area contributed by atoms with Crippen molar-refractivity contribution in [2.75, 3.05) is 6.61 Å². The monoisotopic (exact) mass is 564 g/mol. The van der Waals surface area contributed by atoms with E-state index in [2.05, 4.69) is 13.4 Å². The molecule has 0 saturated carbocycles. The number of hydrogen-bond acceptors (Lipinski definition) is 15. The number of H-pyrrole nitrogens is 1. The molecule has 19 nitrogen and oxygen atoms in total. The Morgan fingerprint density at radius 2 is 1.64 bits per heavy atom. The third-order valence-corrected chi connectivity index (χ3v) is 7.65. The van der Waals surface area contributed by atoms with Gasteiger partial charge in [0, 0.05) is 12.3 Å². The number of phosphoric acid groups is 2. The topological polar surface area (TPSA) is 294 Å². The molecule has 0 spiro atoms. The summed E-state index contributed by atoms with van der Waals surface area (Å²) in [4.78, 5) is 55.3. The number of aromatic nitrogens is 2. The van der Waals surface area contributed by atoms with Crippen LogP contribution in [-0.4, -0.2) is 107 Å². The van der Waals surface area contributed by atoms with Gasteiger partial charge in [-0.05, 0) is 0 Å². The van der Waals surface area contributed by atoms with Gasteiger partial charge in [0.25, 0.3) is 5.56 Å². The van der Waals surface area contributed by atoms with Crippen molar-refractivity contribution >= 4 is 21.9 Å². The van der Waals surface area contributed by atoms with Gasteiger partial charge in [-0.1, -0.05) is 0 Å².